The first-order valence-electron chi connectivity index (χ1n) is 9.04. The zero-order chi connectivity index (χ0) is 19.8. The summed E-state index contributed by atoms with van der Waals surface area (Å²) in [6.07, 6.45) is 1.68. The maximum absolute atomic E-state index is 12.5. The van der Waals surface area contributed by atoms with Crippen LogP contribution in [-0.2, 0) is 0 Å². The molecule has 0 fully saturated rings. The van der Waals surface area contributed by atoms with E-state index in [0.29, 0.717) is 31.3 Å². The van der Waals surface area contributed by atoms with Gasteiger partial charge < -0.3 is 19.5 Å². The number of nitrogens with zero attached hydrogens (tertiary/aromatic N) is 2. The predicted octanol–water partition coefficient (Wildman–Crippen LogP) is 3.09. The number of methoxy groups -OCH3 is 1. The van der Waals surface area contributed by atoms with Crippen molar-refractivity contribution < 1.29 is 19.0 Å². The summed E-state index contributed by atoms with van der Waals surface area (Å²) in [7, 11) is 1.51. The number of benzene rings is 2. The Morgan fingerprint density at radius 3 is 2.36 bits per heavy atom. The minimum absolute atomic E-state index is 0.229. The lowest BCUT2D eigenvalue weighted by atomic mass is 10.3. The highest BCUT2D eigenvalue weighted by Gasteiger charge is 2.18. The quantitative estimate of drug-likeness (QED) is 0.577. The van der Waals surface area contributed by atoms with Crippen molar-refractivity contribution >= 4 is 5.91 Å². The Balaban J connectivity index is 1.54. The molecule has 1 N–H and O–H groups in total. The van der Waals surface area contributed by atoms with Crippen LogP contribution < -0.4 is 19.5 Å². The molecule has 1 aromatic heterocycles. The Labute approximate surface area is 163 Å². The zero-order valence-electron chi connectivity index (χ0n) is 15.9. The Kier molecular flexibility index (Phi) is 6.51. The smallest absolute Gasteiger partial charge is 0.275 e. The lowest BCUT2D eigenvalue weighted by Gasteiger charge is -2.08. The van der Waals surface area contributed by atoms with E-state index in [1.54, 1.807) is 10.9 Å². The predicted molar refractivity (Wildman–Crippen MR) is 106 cm³/mol. The topological polar surface area (TPSA) is 74.6 Å². The summed E-state index contributed by atoms with van der Waals surface area (Å²) in [5.74, 6) is 1.60. The van der Waals surface area contributed by atoms with Crippen molar-refractivity contribution in [1.82, 2.24) is 15.1 Å². The lowest BCUT2D eigenvalue weighted by molar-refractivity contribution is 0.0938. The van der Waals surface area contributed by atoms with Crippen molar-refractivity contribution in [1.29, 1.82) is 0 Å². The van der Waals surface area contributed by atoms with Gasteiger partial charge in [-0.1, -0.05) is 18.2 Å². The second-order valence-electron chi connectivity index (χ2n) is 5.83. The van der Waals surface area contributed by atoms with E-state index in [1.165, 1.54) is 7.11 Å². The van der Waals surface area contributed by atoms with Gasteiger partial charge in [-0.2, -0.15) is 5.10 Å². The van der Waals surface area contributed by atoms with Crippen LogP contribution in [0.15, 0.2) is 60.8 Å². The number of amides is 1. The van der Waals surface area contributed by atoms with Gasteiger partial charge in [-0.3, -0.25) is 4.79 Å². The number of aromatic nitrogens is 2. The van der Waals surface area contributed by atoms with Gasteiger partial charge in [0.2, 0.25) is 0 Å². The molecular weight excluding hydrogens is 358 g/mol. The van der Waals surface area contributed by atoms with Gasteiger partial charge in [0, 0.05) is 0 Å². The van der Waals surface area contributed by atoms with Crippen LogP contribution in [0.2, 0.25) is 0 Å². The number of carbonyl (C=O) groups is 1. The van der Waals surface area contributed by atoms with Crippen molar-refractivity contribution in [3.8, 4) is 22.9 Å². The van der Waals surface area contributed by atoms with Gasteiger partial charge in [-0.15, -0.1) is 0 Å². The van der Waals surface area contributed by atoms with Gasteiger partial charge in [0.15, 0.2) is 11.4 Å². The third kappa shape index (κ3) is 4.82. The molecule has 0 saturated carbocycles. The molecule has 7 heteroatoms. The van der Waals surface area contributed by atoms with Crippen LogP contribution in [0, 0.1) is 0 Å². The highest BCUT2D eigenvalue weighted by atomic mass is 16.5. The van der Waals surface area contributed by atoms with Crippen molar-refractivity contribution in [3.05, 3.63) is 66.5 Å². The Morgan fingerprint density at radius 2 is 1.71 bits per heavy atom. The largest absolute Gasteiger partial charge is 0.494 e. The summed E-state index contributed by atoms with van der Waals surface area (Å²) in [5, 5.41) is 7.14. The molecule has 0 spiro atoms. The molecule has 1 amide bonds. The van der Waals surface area contributed by atoms with E-state index in [4.69, 9.17) is 14.2 Å². The van der Waals surface area contributed by atoms with Crippen molar-refractivity contribution in [3.63, 3.8) is 0 Å². The van der Waals surface area contributed by atoms with Crippen molar-refractivity contribution in [2.75, 3.05) is 26.9 Å². The SMILES string of the molecule is CCOc1ccc(OCCNC(=O)c2nn(-c3ccccc3)cc2OC)cc1. The molecule has 3 rings (SSSR count). The molecule has 0 atom stereocenters. The number of rotatable bonds is 9. The summed E-state index contributed by atoms with van der Waals surface area (Å²) in [5.41, 5.74) is 1.08. The molecular formula is C21H23N3O4. The molecule has 1 heterocycles. The minimum Gasteiger partial charge on any atom is -0.494 e. The molecule has 0 aliphatic heterocycles. The maximum Gasteiger partial charge on any atom is 0.275 e. The fraction of sp³-hybridized carbons (Fsp3) is 0.238. The molecule has 7 nitrogen and oxygen atoms in total. The van der Waals surface area contributed by atoms with Crippen LogP contribution in [0.25, 0.3) is 5.69 Å². The Bertz CT molecular complexity index is 892. The summed E-state index contributed by atoms with van der Waals surface area (Å²) in [4.78, 5) is 12.5. The number of ether oxygens (including phenoxy) is 3. The molecule has 0 saturated heterocycles. The summed E-state index contributed by atoms with van der Waals surface area (Å²) < 4.78 is 17.9. The van der Waals surface area contributed by atoms with Crippen LogP contribution in [-0.4, -0.2) is 42.6 Å². The van der Waals surface area contributed by atoms with Gasteiger partial charge in [-0.25, -0.2) is 4.68 Å². The molecule has 28 heavy (non-hydrogen) atoms. The maximum atomic E-state index is 12.5. The van der Waals surface area contributed by atoms with Gasteiger partial charge in [0.05, 0.1) is 32.1 Å². The fourth-order valence-electron chi connectivity index (χ4n) is 2.59. The molecule has 0 bridgehead atoms. The van der Waals surface area contributed by atoms with E-state index in [9.17, 15) is 4.79 Å². The number of para-hydroxylation sites is 1. The van der Waals surface area contributed by atoms with E-state index >= 15 is 0 Å². The highest BCUT2D eigenvalue weighted by Crippen LogP contribution is 2.19. The Hall–Kier alpha value is -3.48. The van der Waals surface area contributed by atoms with Crippen LogP contribution in [0.5, 0.6) is 17.2 Å². The number of hydrogen-bond acceptors (Lipinski definition) is 5. The van der Waals surface area contributed by atoms with Gasteiger partial charge in [0.25, 0.3) is 5.91 Å². The molecule has 3 aromatic rings. The van der Waals surface area contributed by atoms with Crippen LogP contribution in [0.3, 0.4) is 0 Å². The van der Waals surface area contributed by atoms with E-state index in [2.05, 4.69) is 10.4 Å². The molecule has 0 aliphatic carbocycles. The lowest BCUT2D eigenvalue weighted by Crippen LogP contribution is -2.28. The third-order valence-corrected chi connectivity index (χ3v) is 3.93. The summed E-state index contributed by atoms with van der Waals surface area (Å²) in [6, 6.07) is 16.9. The van der Waals surface area contributed by atoms with Crippen molar-refractivity contribution in [2.24, 2.45) is 0 Å². The van der Waals surface area contributed by atoms with Gasteiger partial charge in [0.1, 0.15) is 18.1 Å². The van der Waals surface area contributed by atoms with Crippen LogP contribution >= 0.6 is 0 Å². The zero-order valence-corrected chi connectivity index (χ0v) is 15.9. The number of carbonyl (C=O) groups excluding carboxylic acids is 1. The average molecular weight is 381 g/mol. The fourth-order valence-corrected chi connectivity index (χ4v) is 2.59. The molecule has 146 valence electrons. The van der Waals surface area contributed by atoms with Gasteiger partial charge in [-0.05, 0) is 43.3 Å². The molecule has 2 aromatic carbocycles. The van der Waals surface area contributed by atoms with Gasteiger partial charge >= 0.3 is 0 Å². The first-order chi connectivity index (χ1) is 13.7. The average Bonchev–Trinajstić information content (AvgIpc) is 3.18. The molecule has 0 radical (unpaired) electrons. The monoisotopic (exact) mass is 381 g/mol. The van der Waals surface area contributed by atoms with Crippen LogP contribution in [0.1, 0.15) is 17.4 Å². The summed E-state index contributed by atoms with van der Waals surface area (Å²) >= 11 is 0. The Morgan fingerprint density at radius 1 is 1.04 bits per heavy atom. The van der Waals surface area contributed by atoms with E-state index < -0.39 is 0 Å². The van der Waals surface area contributed by atoms with E-state index in [-0.39, 0.29) is 11.6 Å². The first-order valence-corrected chi connectivity index (χ1v) is 9.04. The molecule has 0 unspecified atom stereocenters. The molecule has 0 aliphatic rings. The first kappa shape index (κ1) is 19.3. The summed E-state index contributed by atoms with van der Waals surface area (Å²) in [6.45, 7) is 3.23. The highest BCUT2D eigenvalue weighted by molar-refractivity contribution is 5.94. The third-order valence-electron chi connectivity index (χ3n) is 3.93. The standard InChI is InChI=1S/C21H23N3O4/c1-3-27-17-9-11-18(12-10-17)28-14-13-22-21(25)20-19(26-2)15-24(23-20)16-7-5-4-6-8-16/h4-12,15H,3,13-14H2,1-2H3,(H,22,25). The normalized spacial score (nSPS) is 10.4. The van der Waals surface area contributed by atoms with Crippen molar-refractivity contribution in [2.45, 2.75) is 6.92 Å². The second kappa shape index (κ2) is 9.45. The second-order valence-corrected chi connectivity index (χ2v) is 5.83. The number of nitrogens with one attached hydrogen (secondary N) is 1. The van der Waals surface area contributed by atoms with E-state index in [1.807, 2.05) is 61.5 Å². The number of hydrogen-bond donors (Lipinski definition) is 1. The van der Waals surface area contributed by atoms with Crippen LogP contribution in [0.4, 0.5) is 0 Å². The minimum atomic E-state index is -0.318. The van der Waals surface area contributed by atoms with E-state index in [0.717, 1.165) is 11.4 Å².